The summed E-state index contributed by atoms with van der Waals surface area (Å²) in [6.45, 7) is 1.92. The van der Waals surface area contributed by atoms with Crippen LogP contribution in [0.25, 0.3) is 0 Å². The monoisotopic (exact) mass is 375 g/mol. The maximum atomic E-state index is 10.5. The molecule has 1 aliphatic carbocycles. The van der Waals surface area contributed by atoms with E-state index < -0.39 is 5.60 Å². The molecule has 1 aromatic carbocycles. The van der Waals surface area contributed by atoms with Crippen LogP contribution in [-0.4, -0.2) is 20.7 Å². The van der Waals surface area contributed by atoms with Crippen molar-refractivity contribution in [2.24, 2.45) is 0 Å². The van der Waals surface area contributed by atoms with Gasteiger partial charge in [0.15, 0.2) is 0 Å². The minimum atomic E-state index is -0.616. The first-order valence-electron chi connectivity index (χ1n) is 9.72. The fourth-order valence-corrected chi connectivity index (χ4v) is 3.83. The molecule has 0 saturated heterocycles. The van der Waals surface area contributed by atoms with Crippen molar-refractivity contribution in [1.29, 1.82) is 0 Å². The minimum Gasteiger partial charge on any atom is -0.439 e. The number of hydrogen-bond acceptors (Lipinski definition) is 5. The van der Waals surface area contributed by atoms with Gasteiger partial charge in [0.2, 0.25) is 5.88 Å². The molecule has 0 bridgehead atoms. The smallest absolute Gasteiger partial charge is 0.222 e. The van der Waals surface area contributed by atoms with Crippen LogP contribution in [0.15, 0.2) is 67.0 Å². The molecule has 144 valence electrons. The van der Waals surface area contributed by atoms with Gasteiger partial charge in [-0.2, -0.15) is 0 Å². The van der Waals surface area contributed by atoms with Gasteiger partial charge in [-0.15, -0.1) is 0 Å². The number of benzene rings is 1. The van der Waals surface area contributed by atoms with Gasteiger partial charge in [-0.3, -0.25) is 0 Å². The summed E-state index contributed by atoms with van der Waals surface area (Å²) in [5, 5.41) is 13.7. The number of hydrogen-bond donors (Lipinski definition) is 2. The zero-order valence-electron chi connectivity index (χ0n) is 16.0. The zero-order valence-corrected chi connectivity index (χ0v) is 16.0. The zero-order chi connectivity index (χ0) is 19.4. The van der Waals surface area contributed by atoms with E-state index in [0.717, 1.165) is 48.5 Å². The molecule has 1 saturated carbocycles. The van der Waals surface area contributed by atoms with Crippen molar-refractivity contribution in [3.8, 4) is 11.6 Å². The predicted molar refractivity (Wildman–Crippen MR) is 110 cm³/mol. The van der Waals surface area contributed by atoms with Crippen molar-refractivity contribution >= 4 is 11.5 Å². The van der Waals surface area contributed by atoms with E-state index in [-0.39, 0.29) is 5.92 Å². The Morgan fingerprint density at radius 2 is 1.86 bits per heavy atom. The van der Waals surface area contributed by atoms with Crippen LogP contribution in [0.5, 0.6) is 11.6 Å². The molecule has 0 spiro atoms. The predicted octanol–water partition coefficient (Wildman–Crippen LogP) is 5.42. The van der Waals surface area contributed by atoms with Crippen LogP contribution < -0.4 is 10.1 Å². The van der Waals surface area contributed by atoms with E-state index in [1.54, 1.807) is 12.4 Å². The average molecular weight is 375 g/mol. The molecule has 2 heterocycles. The minimum absolute atomic E-state index is 0.262. The highest BCUT2D eigenvalue weighted by Crippen LogP contribution is 2.41. The first kappa shape index (κ1) is 18.4. The van der Waals surface area contributed by atoms with E-state index in [1.165, 1.54) is 0 Å². The normalized spacial score (nSPS) is 21.9. The number of nitrogens with one attached hydrogen (secondary N) is 1. The van der Waals surface area contributed by atoms with Crippen molar-refractivity contribution < 1.29 is 9.84 Å². The summed E-state index contributed by atoms with van der Waals surface area (Å²) in [6, 6.07) is 17.5. The molecule has 2 N–H and O–H groups in total. The van der Waals surface area contributed by atoms with Gasteiger partial charge in [-0.1, -0.05) is 12.1 Å². The fraction of sp³-hybridized carbons (Fsp3) is 0.304. The van der Waals surface area contributed by atoms with Crippen LogP contribution >= 0.6 is 0 Å². The average Bonchev–Trinajstić information content (AvgIpc) is 2.70. The molecule has 3 aromatic rings. The van der Waals surface area contributed by atoms with E-state index in [0.29, 0.717) is 5.88 Å². The molecule has 4 rings (SSSR count). The number of aliphatic hydroxyl groups is 1. The summed E-state index contributed by atoms with van der Waals surface area (Å²) in [5.74, 6) is 2.41. The van der Waals surface area contributed by atoms with E-state index in [2.05, 4.69) is 21.4 Å². The lowest BCUT2D eigenvalue weighted by Gasteiger charge is -2.34. The van der Waals surface area contributed by atoms with E-state index in [1.807, 2.05) is 55.5 Å². The SMILES string of the molecule is C[C@@]1(O)CCC[C@H](c2cccnc2Oc2ccc(Nc3ccccn3)cc2)C1. The first-order valence-corrected chi connectivity index (χ1v) is 9.72. The molecule has 5 heteroatoms. The third-order valence-corrected chi connectivity index (χ3v) is 5.20. The summed E-state index contributed by atoms with van der Waals surface area (Å²) in [6.07, 6.45) is 7.15. The molecule has 5 nitrogen and oxygen atoms in total. The van der Waals surface area contributed by atoms with Gasteiger partial charge in [0.05, 0.1) is 5.60 Å². The first-order chi connectivity index (χ1) is 13.6. The molecule has 0 radical (unpaired) electrons. The molecule has 28 heavy (non-hydrogen) atoms. The van der Waals surface area contributed by atoms with Crippen molar-refractivity contribution in [1.82, 2.24) is 9.97 Å². The van der Waals surface area contributed by atoms with Gasteiger partial charge in [-0.25, -0.2) is 9.97 Å². The van der Waals surface area contributed by atoms with Crippen LogP contribution in [0.4, 0.5) is 11.5 Å². The number of nitrogens with zero attached hydrogens (tertiary/aromatic N) is 2. The summed E-state index contributed by atoms with van der Waals surface area (Å²) < 4.78 is 6.10. The summed E-state index contributed by atoms with van der Waals surface area (Å²) in [7, 11) is 0. The van der Waals surface area contributed by atoms with Crippen LogP contribution in [0.1, 0.15) is 44.1 Å². The fourth-order valence-electron chi connectivity index (χ4n) is 3.83. The van der Waals surface area contributed by atoms with Crippen molar-refractivity contribution in [2.45, 2.75) is 44.1 Å². The molecule has 2 atom stereocenters. The summed E-state index contributed by atoms with van der Waals surface area (Å²) >= 11 is 0. The van der Waals surface area contributed by atoms with E-state index >= 15 is 0 Å². The second-order valence-corrected chi connectivity index (χ2v) is 7.65. The number of pyridine rings is 2. The lowest BCUT2D eigenvalue weighted by molar-refractivity contribution is 0.0142. The number of ether oxygens (including phenoxy) is 1. The number of anilines is 2. The second kappa shape index (κ2) is 7.98. The molecule has 1 fully saturated rings. The molecule has 0 unspecified atom stereocenters. The highest BCUT2D eigenvalue weighted by Gasteiger charge is 2.32. The molecule has 0 aliphatic heterocycles. The lowest BCUT2D eigenvalue weighted by atomic mass is 9.76. The van der Waals surface area contributed by atoms with Crippen LogP contribution in [0, 0.1) is 0 Å². The van der Waals surface area contributed by atoms with E-state index in [9.17, 15) is 5.11 Å². The summed E-state index contributed by atoms with van der Waals surface area (Å²) in [4.78, 5) is 8.72. The lowest BCUT2D eigenvalue weighted by Crippen LogP contribution is -2.30. The molecule has 1 aliphatic rings. The Balaban J connectivity index is 1.49. The second-order valence-electron chi connectivity index (χ2n) is 7.65. The van der Waals surface area contributed by atoms with Crippen molar-refractivity contribution in [3.63, 3.8) is 0 Å². The third-order valence-electron chi connectivity index (χ3n) is 5.20. The van der Waals surface area contributed by atoms with E-state index in [4.69, 9.17) is 4.74 Å². The van der Waals surface area contributed by atoms with Gasteiger partial charge in [0.1, 0.15) is 11.6 Å². The van der Waals surface area contributed by atoms with Gasteiger partial charge >= 0.3 is 0 Å². The van der Waals surface area contributed by atoms with Crippen LogP contribution in [-0.2, 0) is 0 Å². The molecular weight excluding hydrogens is 350 g/mol. The highest BCUT2D eigenvalue weighted by molar-refractivity contribution is 5.57. The van der Waals surface area contributed by atoms with Crippen molar-refractivity contribution in [2.75, 3.05) is 5.32 Å². The van der Waals surface area contributed by atoms with Gasteiger partial charge in [0, 0.05) is 23.6 Å². The van der Waals surface area contributed by atoms with Gasteiger partial charge < -0.3 is 15.2 Å². The number of rotatable bonds is 5. The Kier molecular flexibility index (Phi) is 5.26. The standard InChI is InChI=1S/C23H25N3O2/c1-23(27)13-4-6-17(16-23)20-7-5-15-25-22(20)28-19-11-9-18(10-12-19)26-21-8-2-3-14-24-21/h2-3,5,7-12,14-15,17,27H,4,6,13,16H2,1H3,(H,24,26)/t17-,23+/m0/s1. The maximum Gasteiger partial charge on any atom is 0.222 e. The number of aromatic nitrogens is 2. The highest BCUT2D eigenvalue weighted by atomic mass is 16.5. The maximum absolute atomic E-state index is 10.5. The van der Waals surface area contributed by atoms with Crippen LogP contribution in [0.2, 0.25) is 0 Å². The Morgan fingerprint density at radius 3 is 2.61 bits per heavy atom. The van der Waals surface area contributed by atoms with Crippen LogP contribution in [0.3, 0.4) is 0 Å². The summed E-state index contributed by atoms with van der Waals surface area (Å²) in [5.41, 5.74) is 1.39. The van der Waals surface area contributed by atoms with Crippen molar-refractivity contribution in [3.05, 3.63) is 72.6 Å². The Labute approximate surface area is 165 Å². The Hall–Kier alpha value is -2.92. The molecule has 2 aromatic heterocycles. The quantitative estimate of drug-likeness (QED) is 0.623. The Bertz CT molecular complexity index is 911. The van der Waals surface area contributed by atoms with Gasteiger partial charge in [0.25, 0.3) is 0 Å². The van der Waals surface area contributed by atoms with Gasteiger partial charge in [-0.05, 0) is 81.0 Å². The molecule has 0 amide bonds. The topological polar surface area (TPSA) is 67.3 Å². The molecular formula is C23H25N3O2. The Morgan fingerprint density at radius 1 is 1.04 bits per heavy atom. The largest absolute Gasteiger partial charge is 0.439 e. The third kappa shape index (κ3) is 4.49.